The van der Waals surface area contributed by atoms with E-state index in [2.05, 4.69) is 4.98 Å². The van der Waals surface area contributed by atoms with E-state index in [1.54, 1.807) is 6.20 Å². The number of piperazine rings is 1. The number of carbonyl (C=O) groups excluding carboxylic acids is 2. The maximum Gasteiger partial charge on any atom is 0.245 e. The summed E-state index contributed by atoms with van der Waals surface area (Å²) in [6, 6.07) is -0.112. The van der Waals surface area contributed by atoms with E-state index in [9.17, 15) is 9.59 Å². The van der Waals surface area contributed by atoms with Crippen LogP contribution in [0, 0.1) is 5.92 Å². The van der Waals surface area contributed by atoms with Gasteiger partial charge < -0.3 is 14.4 Å². The molecule has 2 aliphatic rings. The number of hydrogen-bond donors (Lipinski definition) is 0. The van der Waals surface area contributed by atoms with Crippen molar-refractivity contribution in [2.45, 2.75) is 39.2 Å². The number of amides is 2. The van der Waals surface area contributed by atoms with Gasteiger partial charge in [-0.25, -0.2) is 4.98 Å². The van der Waals surface area contributed by atoms with Crippen LogP contribution in [-0.2, 0) is 16.0 Å². The predicted octanol–water partition coefficient (Wildman–Crippen LogP) is 1.09. The lowest BCUT2D eigenvalue weighted by Gasteiger charge is -2.38. The highest BCUT2D eigenvalue weighted by Crippen LogP contribution is 2.26. The molecule has 0 radical (unpaired) electrons. The van der Waals surface area contributed by atoms with E-state index in [1.807, 2.05) is 34.4 Å². The Morgan fingerprint density at radius 1 is 1.18 bits per heavy atom. The zero-order valence-corrected chi connectivity index (χ0v) is 13.4. The van der Waals surface area contributed by atoms with E-state index in [1.165, 1.54) is 0 Å². The van der Waals surface area contributed by atoms with E-state index in [-0.39, 0.29) is 23.8 Å². The molecule has 1 fully saturated rings. The maximum absolute atomic E-state index is 12.8. The van der Waals surface area contributed by atoms with Crippen LogP contribution >= 0.6 is 0 Å². The fourth-order valence-electron chi connectivity index (χ4n) is 3.38. The Balaban J connectivity index is 1.63. The van der Waals surface area contributed by atoms with E-state index in [4.69, 9.17) is 0 Å². The Kier molecular flexibility index (Phi) is 4.18. The van der Waals surface area contributed by atoms with Gasteiger partial charge in [0.15, 0.2) is 0 Å². The van der Waals surface area contributed by atoms with Crippen molar-refractivity contribution in [1.82, 2.24) is 19.4 Å². The quantitative estimate of drug-likeness (QED) is 0.822. The summed E-state index contributed by atoms with van der Waals surface area (Å²) in [5.74, 6) is 1.39. The molecule has 3 rings (SSSR count). The van der Waals surface area contributed by atoms with Gasteiger partial charge in [-0.05, 0) is 12.8 Å². The Morgan fingerprint density at radius 2 is 1.86 bits per heavy atom. The van der Waals surface area contributed by atoms with Crippen LogP contribution in [0.5, 0.6) is 0 Å². The summed E-state index contributed by atoms with van der Waals surface area (Å²) in [7, 11) is 0. The lowest BCUT2D eigenvalue weighted by molar-refractivity contribution is -0.143. The Hall–Kier alpha value is -1.85. The smallest absolute Gasteiger partial charge is 0.245 e. The topological polar surface area (TPSA) is 58.4 Å². The zero-order valence-electron chi connectivity index (χ0n) is 13.4. The van der Waals surface area contributed by atoms with Crippen LogP contribution in [0.4, 0.5) is 0 Å². The summed E-state index contributed by atoms with van der Waals surface area (Å²) < 4.78 is 2.03. The lowest BCUT2D eigenvalue weighted by atomic mass is 10.0. The van der Waals surface area contributed by atoms with Crippen molar-refractivity contribution < 1.29 is 9.59 Å². The minimum absolute atomic E-state index is 0.0223. The molecule has 120 valence electrons. The van der Waals surface area contributed by atoms with Gasteiger partial charge in [-0.2, -0.15) is 0 Å². The largest absolute Gasteiger partial charge is 0.339 e. The fourth-order valence-corrected chi connectivity index (χ4v) is 3.38. The Morgan fingerprint density at radius 3 is 2.55 bits per heavy atom. The van der Waals surface area contributed by atoms with Gasteiger partial charge in [-0.1, -0.05) is 13.8 Å². The van der Waals surface area contributed by atoms with Crippen molar-refractivity contribution in [2.24, 2.45) is 5.92 Å². The van der Waals surface area contributed by atoms with Crippen LogP contribution in [0.1, 0.15) is 38.6 Å². The number of hydrogen-bond acceptors (Lipinski definition) is 3. The highest BCUT2D eigenvalue weighted by atomic mass is 16.2. The normalized spacial score (nSPS) is 21.9. The van der Waals surface area contributed by atoms with Crippen LogP contribution in [-0.4, -0.2) is 57.3 Å². The number of nitrogens with zero attached hydrogens (tertiary/aromatic N) is 4. The van der Waals surface area contributed by atoms with Gasteiger partial charge in [-0.3, -0.25) is 9.59 Å². The standard InChI is InChI=1S/C16H24N4O2/c1-12(2)15(21)18-8-10-19(11-9-18)16(22)13-4-3-5-14-17-6-7-20(13)14/h6-7,12-13H,3-5,8-11H2,1-2H3. The van der Waals surface area contributed by atoms with Gasteiger partial charge in [0.05, 0.1) is 0 Å². The molecule has 1 unspecified atom stereocenters. The van der Waals surface area contributed by atoms with Crippen LogP contribution in [0.3, 0.4) is 0 Å². The minimum atomic E-state index is -0.112. The second-order valence-electron chi connectivity index (χ2n) is 6.46. The summed E-state index contributed by atoms with van der Waals surface area (Å²) >= 11 is 0. The molecule has 1 atom stereocenters. The van der Waals surface area contributed by atoms with Gasteiger partial charge in [0, 0.05) is 50.9 Å². The summed E-state index contributed by atoms with van der Waals surface area (Å²) in [5.41, 5.74) is 0. The lowest BCUT2D eigenvalue weighted by Crippen LogP contribution is -2.53. The molecule has 0 aliphatic carbocycles. The van der Waals surface area contributed by atoms with Crippen molar-refractivity contribution in [3.8, 4) is 0 Å². The van der Waals surface area contributed by atoms with Crippen molar-refractivity contribution >= 4 is 11.8 Å². The van der Waals surface area contributed by atoms with Crippen LogP contribution < -0.4 is 0 Å². The summed E-state index contributed by atoms with van der Waals surface area (Å²) in [5, 5.41) is 0. The number of rotatable bonds is 2. The van der Waals surface area contributed by atoms with Crippen molar-refractivity contribution in [3.63, 3.8) is 0 Å². The van der Waals surface area contributed by atoms with Gasteiger partial charge in [0.25, 0.3) is 0 Å². The van der Waals surface area contributed by atoms with Gasteiger partial charge in [0.2, 0.25) is 11.8 Å². The van der Waals surface area contributed by atoms with Gasteiger partial charge in [-0.15, -0.1) is 0 Å². The van der Waals surface area contributed by atoms with Crippen LogP contribution in [0.15, 0.2) is 12.4 Å². The second-order valence-corrected chi connectivity index (χ2v) is 6.46. The first-order valence-electron chi connectivity index (χ1n) is 8.17. The third-order valence-electron chi connectivity index (χ3n) is 4.64. The number of aryl methyl sites for hydroxylation is 1. The molecule has 1 aromatic rings. The van der Waals surface area contributed by atoms with Crippen LogP contribution in [0.25, 0.3) is 0 Å². The molecule has 1 saturated heterocycles. The van der Waals surface area contributed by atoms with Gasteiger partial charge >= 0.3 is 0 Å². The van der Waals surface area contributed by atoms with Crippen molar-refractivity contribution in [2.75, 3.05) is 26.2 Å². The molecule has 3 heterocycles. The van der Waals surface area contributed by atoms with Crippen molar-refractivity contribution in [3.05, 3.63) is 18.2 Å². The van der Waals surface area contributed by atoms with E-state index < -0.39 is 0 Å². The number of carbonyl (C=O) groups is 2. The average molecular weight is 304 g/mol. The first-order chi connectivity index (χ1) is 10.6. The number of fused-ring (bicyclic) bond motifs is 1. The van der Waals surface area contributed by atoms with Crippen LogP contribution in [0.2, 0.25) is 0 Å². The molecule has 2 amide bonds. The molecule has 0 saturated carbocycles. The Labute approximate surface area is 131 Å². The molecule has 6 heteroatoms. The third kappa shape index (κ3) is 2.74. The first kappa shape index (κ1) is 15.1. The number of imidazole rings is 1. The molecular weight excluding hydrogens is 280 g/mol. The monoisotopic (exact) mass is 304 g/mol. The second kappa shape index (κ2) is 6.10. The van der Waals surface area contributed by atoms with E-state index in [0.717, 1.165) is 25.1 Å². The zero-order chi connectivity index (χ0) is 15.7. The third-order valence-corrected chi connectivity index (χ3v) is 4.64. The molecule has 0 bridgehead atoms. The summed E-state index contributed by atoms with van der Waals surface area (Å²) in [4.78, 5) is 32.9. The van der Waals surface area contributed by atoms with Crippen molar-refractivity contribution in [1.29, 1.82) is 0 Å². The van der Waals surface area contributed by atoms with E-state index >= 15 is 0 Å². The molecule has 6 nitrogen and oxygen atoms in total. The highest BCUT2D eigenvalue weighted by Gasteiger charge is 2.32. The molecule has 1 aromatic heterocycles. The van der Waals surface area contributed by atoms with Gasteiger partial charge in [0.1, 0.15) is 11.9 Å². The maximum atomic E-state index is 12.8. The Bertz CT molecular complexity index is 558. The summed E-state index contributed by atoms with van der Waals surface area (Å²) in [6.07, 6.45) is 6.54. The predicted molar refractivity (Wildman–Crippen MR) is 82.2 cm³/mol. The average Bonchev–Trinajstić information content (AvgIpc) is 3.02. The number of aromatic nitrogens is 2. The first-order valence-corrected chi connectivity index (χ1v) is 8.17. The molecule has 0 aromatic carbocycles. The van der Waals surface area contributed by atoms with E-state index in [0.29, 0.717) is 26.2 Å². The molecule has 0 spiro atoms. The summed E-state index contributed by atoms with van der Waals surface area (Å²) in [6.45, 7) is 6.40. The molecule has 0 N–H and O–H groups in total. The SMILES string of the molecule is CC(C)C(=O)N1CCN(C(=O)C2CCCc3nccn32)CC1. The molecule has 2 aliphatic heterocycles. The minimum Gasteiger partial charge on any atom is -0.339 e. The fraction of sp³-hybridized carbons (Fsp3) is 0.688. The highest BCUT2D eigenvalue weighted by molar-refractivity contribution is 5.82. The molecule has 22 heavy (non-hydrogen) atoms. The molecular formula is C16H24N4O2.